The van der Waals surface area contributed by atoms with Gasteiger partial charge in [0, 0.05) is 63.9 Å². The minimum atomic E-state index is -0.0256. The van der Waals surface area contributed by atoms with Crippen molar-refractivity contribution in [2.45, 2.75) is 6.42 Å². The molecule has 0 saturated carbocycles. The van der Waals surface area contributed by atoms with Crippen LogP contribution in [0.1, 0.15) is 5.69 Å². The van der Waals surface area contributed by atoms with Crippen LogP contribution in [0.15, 0.2) is 49.1 Å². The summed E-state index contributed by atoms with van der Waals surface area (Å²) in [4.78, 5) is 29.3. The highest BCUT2D eigenvalue weighted by atomic mass is 16.2. The number of aromatic nitrogens is 4. The highest BCUT2D eigenvalue weighted by molar-refractivity contribution is 5.74. The molecule has 1 N–H and O–H groups in total. The maximum Gasteiger partial charge on any atom is 0.317 e. The smallest absolute Gasteiger partial charge is 0.317 e. The zero-order valence-electron chi connectivity index (χ0n) is 14.5. The molecule has 0 unspecified atom stereocenters. The Morgan fingerprint density at radius 3 is 2.65 bits per heavy atom. The van der Waals surface area contributed by atoms with Crippen molar-refractivity contribution < 1.29 is 4.79 Å². The lowest BCUT2D eigenvalue weighted by Gasteiger charge is -2.34. The van der Waals surface area contributed by atoms with Crippen molar-refractivity contribution in [1.29, 1.82) is 0 Å². The molecule has 8 heteroatoms. The van der Waals surface area contributed by atoms with Gasteiger partial charge in [0.25, 0.3) is 0 Å². The number of pyridine rings is 1. The molecule has 0 bridgehead atoms. The SMILES string of the molecule is O=C(NCCc1cn2ccccc2n1)N1CCN(c2ncccn2)CC1. The van der Waals surface area contributed by atoms with E-state index >= 15 is 0 Å². The second-order valence-corrected chi connectivity index (χ2v) is 6.20. The van der Waals surface area contributed by atoms with Gasteiger partial charge in [-0.3, -0.25) is 0 Å². The summed E-state index contributed by atoms with van der Waals surface area (Å²) in [7, 11) is 0. The zero-order chi connectivity index (χ0) is 17.8. The van der Waals surface area contributed by atoms with E-state index < -0.39 is 0 Å². The molecule has 1 aliphatic rings. The summed E-state index contributed by atoms with van der Waals surface area (Å²) < 4.78 is 1.99. The van der Waals surface area contributed by atoms with Gasteiger partial charge in [0.1, 0.15) is 5.65 Å². The Labute approximate surface area is 151 Å². The molecule has 0 spiro atoms. The molecule has 4 rings (SSSR count). The van der Waals surface area contributed by atoms with Crippen molar-refractivity contribution >= 4 is 17.6 Å². The van der Waals surface area contributed by atoms with Crippen molar-refractivity contribution in [2.75, 3.05) is 37.6 Å². The van der Waals surface area contributed by atoms with Crippen LogP contribution in [0.2, 0.25) is 0 Å². The highest BCUT2D eigenvalue weighted by Crippen LogP contribution is 2.10. The average molecular weight is 351 g/mol. The van der Waals surface area contributed by atoms with E-state index in [4.69, 9.17) is 0 Å². The number of carbonyl (C=O) groups is 1. The summed E-state index contributed by atoms with van der Waals surface area (Å²) in [6, 6.07) is 7.69. The first kappa shape index (κ1) is 16.3. The van der Waals surface area contributed by atoms with Gasteiger partial charge in [-0.25, -0.2) is 19.7 Å². The topological polar surface area (TPSA) is 78.7 Å². The number of fused-ring (bicyclic) bond motifs is 1. The fourth-order valence-corrected chi connectivity index (χ4v) is 3.08. The second kappa shape index (κ2) is 7.38. The first-order valence-electron chi connectivity index (χ1n) is 8.77. The Balaban J connectivity index is 1.24. The lowest BCUT2D eigenvalue weighted by atomic mass is 10.3. The molecule has 1 fully saturated rings. The Morgan fingerprint density at radius 2 is 1.88 bits per heavy atom. The monoisotopic (exact) mass is 351 g/mol. The number of rotatable bonds is 4. The Hall–Kier alpha value is -3.16. The van der Waals surface area contributed by atoms with E-state index in [0.29, 0.717) is 26.1 Å². The largest absolute Gasteiger partial charge is 0.338 e. The predicted molar refractivity (Wildman–Crippen MR) is 98.1 cm³/mol. The van der Waals surface area contributed by atoms with Crippen LogP contribution in [-0.4, -0.2) is 63.0 Å². The van der Waals surface area contributed by atoms with Crippen LogP contribution in [-0.2, 0) is 6.42 Å². The molecule has 134 valence electrons. The molecule has 3 aromatic rings. The fourth-order valence-electron chi connectivity index (χ4n) is 3.08. The Bertz CT molecular complexity index is 838. The van der Waals surface area contributed by atoms with Gasteiger partial charge in [-0.2, -0.15) is 0 Å². The molecule has 1 saturated heterocycles. The molecule has 4 heterocycles. The Morgan fingerprint density at radius 1 is 1.08 bits per heavy atom. The third kappa shape index (κ3) is 3.58. The molecule has 0 atom stereocenters. The van der Waals surface area contributed by atoms with Crippen molar-refractivity contribution in [2.24, 2.45) is 0 Å². The molecule has 3 aromatic heterocycles. The van der Waals surface area contributed by atoms with E-state index in [0.717, 1.165) is 30.4 Å². The molecule has 2 amide bonds. The third-order valence-electron chi connectivity index (χ3n) is 4.47. The van der Waals surface area contributed by atoms with Crippen LogP contribution in [0.3, 0.4) is 0 Å². The van der Waals surface area contributed by atoms with E-state index in [2.05, 4.69) is 25.2 Å². The second-order valence-electron chi connectivity index (χ2n) is 6.20. The van der Waals surface area contributed by atoms with Crippen LogP contribution in [0, 0.1) is 0 Å². The zero-order valence-corrected chi connectivity index (χ0v) is 14.5. The molecule has 8 nitrogen and oxygen atoms in total. The maximum absolute atomic E-state index is 12.3. The Kier molecular flexibility index (Phi) is 4.63. The van der Waals surface area contributed by atoms with Gasteiger partial charge in [-0.05, 0) is 18.2 Å². The van der Waals surface area contributed by atoms with E-state index in [9.17, 15) is 4.79 Å². The number of imidazole rings is 1. The van der Waals surface area contributed by atoms with E-state index in [1.54, 1.807) is 18.5 Å². The standard InChI is InChI=1S/C18H21N7O/c26-18(21-8-5-15-14-25-9-2-1-4-16(25)22-15)24-12-10-23(11-13-24)17-19-6-3-7-20-17/h1-4,6-7,9,14H,5,8,10-13H2,(H,21,26). The molecule has 0 aliphatic carbocycles. The van der Waals surface area contributed by atoms with Crippen LogP contribution < -0.4 is 10.2 Å². The van der Waals surface area contributed by atoms with Crippen molar-refractivity contribution in [3.05, 3.63) is 54.7 Å². The molecule has 0 aromatic carbocycles. The van der Waals surface area contributed by atoms with Crippen molar-refractivity contribution in [3.8, 4) is 0 Å². The van der Waals surface area contributed by atoms with Crippen molar-refractivity contribution in [1.82, 2.24) is 29.6 Å². The van der Waals surface area contributed by atoms with E-state index in [1.807, 2.05) is 39.9 Å². The predicted octanol–water partition coefficient (Wildman–Crippen LogP) is 1.20. The first-order chi connectivity index (χ1) is 12.8. The average Bonchev–Trinajstić information content (AvgIpc) is 3.11. The summed E-state index contributed by atoms with van der Waals surface area (Å²) in [5, 5.41) is 2.99. The van der Waals surface area contributed by atoms with Gasteiger partial charge < -0.3 is 19.5 Å². The minimum Gasteiger partial charge on any atom is -0.338 e. The van der Waals surface area contributed by atoms with Gasteiger partial charge in [-0.1, -0.05) is 6.07 Å². The van der Waals surface area contributed by atoms with Crippen LogP contribution in [0.5, 0.6) is 0 Å². The number of urea groups is 1. The van der Waals surface area contributed by atoms with Gasteiger partial charge in [0.05, 0.1) is 5.69 Å². The number of piperazine rings is 1. The number of amides is 2. The van der Waals surface area contributed by atoms with E-state index in [-0.39, 0.29) is 6.03 Å². The molecular formula is C18H21N7O. The number of anilines is 1. The number of hydrogen-bond donors (Lipinski definition) is 1. The highest BCUT2D eigenvalue weighted by Gasteiger charge is 2.22. The van der Waals surface area contributed by atoms with Gasteiger partial charge in [0.2, 0.25) is 5.95 Å². The quantitative estimate of drug-likeness (QED) is 0.764. The number of nitrogens with zero attached hydrogens (tertiary/aromatic N) is 6. The van der Waals surface area contributed by atoms with Gasteiger partial charge in [0.15, 0.2) is 0 Å². The minimum absolute atomic E-state index is 0.0256. The summed E-state index contributed by atoms with van der Waals surface area (Å²) in [6.07, 6.45) is 8.16. The first-order valence-corrected chi connectivity index (χ1v) is 8.77. The summed E-state index contributed by atoms with van der Waals surface area (Å²) >= 11 is 0. The number of carbonyl (C=O) groups excluding carboxylic acids is 1. The normalized spacial score (nSPS) is 14.6. The number of nitrogens with one attached hydrogen (secondary N) is 1. The summed E-state index contributed by atoms with van der Waals surface area (Å²) in [6.45, 7) is 3.38. The van der Waals surface area contributed by atoms with Crippen molar-refractivity contribution in [3.63, 3.8) is 0 Å². The van der Waals surface area contributed by atoms with Gasteiger partial charge in [-0.15, -0.1) is 0 Å². The van der Waals surface area contributed by atoms with Crippen LogP contribution >= 0.6 is 0 Å². The molecule has 0 radical (unpaired) electrons. The maximum atomic E-state index is 12.3. The van der Waals surface area contributed by atoms with E-state index in [1.165, 1.54) is 0 Å². The van der Waals surface area contributed by atoms with Crippen LogP contribution in [0.4, 0.5) is 10.7 Å². The lowest BCUT2D eigenvalue weighted by molar-refractivity contribution is 0.194. The van der Waals surface area contributed by atoms with Gasteiger partial charge >= 0.3 is 6.03 Å². The number of hydrogen-bond acceptors (Lipinski definition) is 5. The molecule has 26 heavy (non-hydrogen) atoms. The third-order valence-corrected chi connectivity index (χ3v) is 4.47. The summed E-state index contributed by atoms with van der Waals surface area (Å²) in [5.41, 5.74) is 1.90. The lowest BCUT2D eigenvalue weighted by Crippen LogP contribution is -2.52. The molecular weight excluding hydrogens is 330 g/mol. The summed E-state index contributed by atoms with van der Waals surface area (Å²) in [5.74, 6) is 0.722. The van der Waals surface area contributed by atoms with Crippen LogP contribution in [0.25, 0.3) is 5.65 Å². The fraction of sp³-hybridized carbons (Fsp3) is 0.333. The molecule has 1 aliphatic heterocycles.